The molecule has 1 unspecified atom stereocenters. The van der Waals surface area contributed by atoms with E-state index in [1.165, 1.54) is 0 Å². The van der Waals surface area contributed by atoms with Crippen LogP contribution in [-0.2, 0) is 9.84 Å². The molecule has 0 aliphatic carbocycles. The summed E-state index contributed by atoms with van der Waals surface area (Å²) in [4.78, 5) is 1.09. The molecule has 1 atom stereocenters. The number of aromatic nitrogens is 2. The molecule has 1 aliphatic heterocycles. The zero-order valence-corrected chi connectivity index (χ0v) is 12.2. The molecule has 19 heavy (non-hydrogen) atoms. The van der Waals surface area contributed by atoms with E-state index in [9.17, 15) is 8.42 Å². The number of hydrogen-bond acceptors (Lipinski definition) is 5. The van der Waals surface area contributed by atoms with Gasteiger partial charge >= 0.3 is 0 Å². The predicted molar refractivity (Wildman–Crippen MR) is 77.0 cm³/mol. The van der Waals surface area contributed by atoms with Crippen LogP contribution in [0, 0.1) is 6.92 Å². The highest BCUT2D eigenvalue weighted by Gasteiger charge is 2.31. The van der Waals surface area contributed by atoms with Crippen molar-refractivity contribution in [3.05, 3.63) is 23.1 Å². The molecule has 0 bridgehead atoms. The van der Waals surface area contributed by atoms with E-state index < -0.39 is 9.84 Å². The first-order valence-corrected chi connectivity index (χ1v) is 8.76. The van der Waals surface area contributed by atoms with Gasteiger partial charge in [0.2, 0.25) is 0 Å². The standard InChI is InChI=1S/C12H15N3O2S2/c1-8-2-4-18-12(8)10-6-11(13)15(14-10)9-3-5-19(16,17)7-9/h2,4,6,9H,3,5,7,13H2,1H3. The van der Waals surface area contributed by atoms with Crippen LogP contribution in [0.5, 0.6) is 0 Å². The van der Waals surface area contributed by atoms with Crippen molar-refractivity contribution < 1.29 is 8.42 Å². The number of sulfone groups is 1. The average molecular weight is 297 g/mol. The summed E-state index contributed by atoms with van der Waals surface area (Å²) in [6, 6.07) is 3.73. The molecule has 2 aromatic heterocycles. The summed E-state index contributed by atoms with van der Waals surface area (Å²) in [5.74, 6) is 0.899. The van der Waals surface area contributed by atoms with Gasteiger partial charge in [0.05, 0.1) is 22.4 Å². The molecule has 0 saturated carbocycles. The first-order valence-electron chi connectivity index (χ1n) is 6.06. The van der Waals surface area contributed by atoms with Crippen LogP contribution in [0.2, 0.25) is 0 Å². The summed E-state index contributed by atoms with van der Waals surface area (Å²) in [7, 11) is -2.93. The van der Waals surface area contributed by atoms with Crippen LogP contribution in [0.25, 0.3) is 10.6 Å². The van der Waals surface area contributed by atoms with Gasteiger partial charge < -0.3 is 5.73 Å². The Hall–Kier alpha value is -1.34. The van der Waals surface area contributed by atoms with Crippen molar-refractivity contribution in [2.45, 2.75) is 19.4 Å². The molecule has 3 rings (SSSR count). The normalized spacial score (nSPS) is 21.8. The molecule has 2 aromatic rings. The van der Waals surface area contributed by atoms with E-state index in [0.29, 0.717) is 12.2 Å². The molecule has 0 spiro atoms. The van der Waals surface area contributed by atoms with Crippen molar-refractivity contribution in [1.29, 1.82) is 0 Å². The van der Waals surface area contributed by atoms with Crippen molar-refractivity contribution in [3.63, 3.8) is 0 Å². The third-order valence-electron chi connectivity index (χ3n) is 3.41. The Morgan fingerprint density at radius 2 is 2.32 bits per heavy atom. The number of nitrogens with zero attached hydrogens (tertiary/aromatic N) is 2. The molecule has 102 valence electrons. The number of nitrogen functional groups attached to an aromatic ring is 1. The fourth-order valence-electron chi connectivity index (χ4n) is 2.42. The minimum atomic E-state index is -2.93. The lowest BCUT2D eigenvalue weighted by Crippen LogP contribution is -2.14. The highest BCUT2D eigenvalue weighted by atomic mass is 32.2. The van der Waals surface area contributed by atoms with Crippen molar-refractivity contribution >= 4 is 27.0 Å². The number of anilines is 1. The van der Waals surface area contributed by atoms with Gasteiger partial charge in [-0.2, -0.15) is 5.10 Å². The van der Waals surface area contributed by atoms with Crippen LogP contribution in [0.15, 0.2) is 17.5 Å². The minimum absolute atomic E-state index is 0.126. The monoisotopic (exact) mass is 297 g/mol. The van der Waals surface area contributed by atoms with E-state index in [4.69, 9.17) is 5.73 Å². The third-order valence-corrected chi connectivity index (χ3v) is 6.20. The molecule has 7 heteroatoms. The lowest BCUT2D eigenvalue weighted by Gasteiger charge is -2.09. The smallest absolute Gasteiger partial charge is 0.152 e. The molecule has 1 aliphatic rings. The van der Waals surface area contributed by atoms with Gasteiger partial charge in [-0.25, -0.2) is 13.1 Å². The van der Waals surface area contributed by atoms with E-state index >= 15 is 0 Å². The highest BCUT2D eigenvalue weighted by Crippen LogP contribution is 2.32. The Kier molecular flexibility index (Phi) is 2.90. The Balaban J connectivity index is 1.97. The van der Waals surface area contributed by atoms with Gasteiger partial charge in [0.15, 0.2) is 9.84 Å². The van der Waals surface area contributed by atoms with Gasteiger partial charge in [0, 0.05) is 6.07 Å². The maximum atomic E-state index is 11.5. The van der Waals surface area contributed by atoms with Crippen molar-refractivity contribution in [2.75, 3.05) is 17.2 Å². The maximum absolute atomic E-state index is 11.5. The van der Waals surface area contributed by atoms with Gasteiger partial charge in [0.25, 0.3) is 0 Å². The Labute approximate surface area is 116 Å². The van der Waals surface area contributed by atoms with E-state index in [2.05, 4.69) is 5.10 Å². The first kappa shape index (κ1) is 12.7. The number of thiophene rings is 1. The van der Waals surface area contributed by atoms with Crippen LogP contribution >= 0.6 is 11.3 Å². The topological polar surface area (TPSA) is 78.0 Å². The Bertz CT molecular complexity index is 715. The van der Waals surface area contributed by atoms with Crippen LogP contribution in [0.1, 0.15) is 18.0 Å². The van der Waals surface area contributed by atoms with Crippen LogP contribution in [0.3, 0.4) is 0 Å². The second-order valence-electron chi connectivity index (χ2n) is 4.89. The molecular weight excluding hydrogens is 282 g/mol. The Morgan fingerprint density at radius 3 is 2.89 bits per heavy atom. The Morgan fingerprint density at radius 1 is 1.53 bits per heavy atom. The van der Waals surface area contributed by atoms with E-state index in [-0.39, 0.29) is 17.5 Å². The second-order valence-corrected chi connectivity index (χ2v) is 8.03. The SMILES string of the molecule is Cc1ccsc1-c1cc(N)n(C2CCS(=O)(=O)C2)n1. The summed E-state index contributed by atoms with van der Waals surface area (Å²) >= 11 is 1.62. The van der Waals surface area contributed by atoms with Crippen LogP contribution in [-0.4, -0.2) is 29.7 Å². The van der Waals surface area contributed by atoms with Gasteiger partial charge in [-0.05, 0) is 30.4 Å². The highest BCUT2D eigenvalue weighted by molar-refractivity contribution is 7.91. The number of nitrogens with two attached hydrogens (primary N) is 1. The summed E-state index contributed by atoms with van der Waals surface area (Å²) < 4.78 is 24.7. The zero-order valence-electron chi connectivity index (χ0n) is 10.5. The van der Waals surface area contributed by atoms with Crippen molar-refractivity contribution in [2.24, 2.45) is 0 Å². The number of aryl methyl sites for hydroxylation is 1. The number of rotatable bonds is 2. The zero-order chi connectivity index (χ0) is 13.6. The molecular formula is C12H15N3O2S2. The largest absolute Gasteiger partial charge is 0.384 e. The lowest BCUT2D eigenvalue weighted by atomic mass is 10.2. The van der Waals surface area contributed by atoms with E-state index in [1.54, 1.807) is 16.0 Å². The van der Waals surface area contributed by atoms with Gasteiger partial charge in [0.1, 0.15) is 11.5 Å². The summed E-state index contributed by atoms with van der Waals surface area (Å²) in [6.07, 6.45) is 0.594. The maximum Gasteiger partial charge on any atom is 0.152 e. The fraction of sp³-hybridized carbons (Fsp3) is 0.417. The number of hydrogen-bond donors (Lipinski definition) is 1. The molecule has 1 saturated heterocycles. The lowest BCUT2D eigenvalue weighted by molar-refractivity contribution is 0.508. The van der Waals surface area contributed by atoms with E-state index in [0.717, 1.165) is 16.1 Å². The average Bonchev–Trinajstić information content (AvgIpc) is 2.98. The predicted octanol–water partition coefficient (Wildman–Crippen LogP) is 1.86. The molecule has 3 heterocycles. The molecule has 0 amide bonds. The molecule has 1 fully saturated rings. The van der Waals surface area contributed by atoms with Crippen LogP contribution in [0.4, 0.5) is 5.82 Å². The first-order chi connectivity index (χ1) is 8.96. The molecule has 0 aromatic carbocycles. The fourth-order valence-corrected chi connectivity index (χ4v) is 4.99. The van der Waals surface area contributed by atoms with Crippen molar-refractivity contribution in [3.8, 4) is 10.6 Å². The summed E-state index contributed by atoms with van der Waals surface area (Å²) in [5.41, 5.74) is 7.97. The van der Waals surface area contributed by atoms with Crippen LogP contribution < -0.4 is 5.73 Å². The molecule has 5 nitrogen and oxygen atoms in total. The summed E-state index contributed by atoms with van der Waals surface area (Å²) in [6.45, 7) is 2.03. The minimum Gasteiger partial charge on any atom is -0.384 e. The quantitative estimate of drug-likeness (QED) is 0.917. The van der Waals surface area contributed by atoms with Gasteiger partial charge in [-0.1, -0.05) is 0 Å². The summed E-state index contributed by atoms with van der Waals surface area (Å²) in [5, 5.41) is 6.51. The molecule has 0 radical (unpaired) electrons. The third kappa shape index (κ3) is 2.28. The van der Waals surface area contributed by atoms with Crippen molar-refractivity contribution in [1.82, 2.24) is 9.78 Å². The van der Waals surface area contributed by atoms with Gasteiger partial charge in [-0.3, -0.25) is 0 Å². The van der Waals surface area contributed by atoms with E-state index in [1.807, 2.05) is 24.4 Å². The molecule has 2 N–H and O–H groups in total. The van der Waals surface area contributed by atoms with Gasteiger partial charge in [-0.15, -0.1) is 11.3 Å². The second kappa shape index (κ2) is 4.35.